The highest BCUT2D eigenvalue weighted by molar-refractivity contribution is 5.95. The van der Waals surface area contributed by atoms with Gasteiger partial charge in [-0.15, -0.1) is 0 Å². The Morgan fingerprint density at radius 2 is 1.91 bits per heavy atom. The van der Waals surface area contributed by atoms with Gasteiger partial charge in [-0.1, -0.05) is 0 Å². The van der Waals surface area contributed by atoms with Crippen LogP contribution in [0.4, 0.5) is 0 Å². The van der Waals surface area contributed by atoms with Crippen LogP contribution in [0.2, 0.25) is 0 Å². The molecule has 1 saturated heterocycles. The molecule has 6 nitrogen and oxygen atoms in total. The number of likely N-dealkylation sites (tertiary alicyclic amines) is 1. The summed E-state index contributed by atoms with van der Waals surface area (Å²) in [4.78, 5) is 25.7. The number of nitrogens with zero attached hydrogens (tertiary/aromatic N) is 1. The van der Waals surface area contributed by atoms with Crippen molar-refractivity contribution in [3.8, 4) is 11.5 Å². The van der Waals surface area contributed by atoms with Crippen molar-refractivity contribution in [3.63, 3.8) is 0 Å². The number of carboxylic acids is 1. The molecule has 2 aliphatic heterocycles. The van der Waals surface area contributed by atoms with Gasteiger partial charge in [0.1, 0.15) is 0 Å². The van der Waals surface area contributed by atoms with E-state index in [1.165, 1.54) is 0 Å². The van der Waals surface area contributed by atoms with Crippen LogP contribution in [0.5, 0.6) is 11.5 Å². The lowest BCUT2D eigenvalue weighted by atomic mass is 9.92. The van der Waals surface area contributed by atoms with Gasteiger partial charge in [-0.2, -0.15) is 0 Å². The molecular formula is C16H17NO5. The minimum atomic E-state index is -0.794. The second-order valence-corrected chi connectivity index (χ2v) is 6.22. The fourth-order valence-electron chi connectivity index (χ4n) is 3.47. The first-order valence-corrected chi connectivity index (χ1v) is 7.55. The first-order chi connectivity index (χ1) is 10.6. The van der Waals surface area contributed by atoms with E-state index in [4.69, 9.17) is 9.47 Å². The summed E-state index contributed by atoms with van der Waals surface area (Å²) in [5.41, 5.74) is 0.518. The van der Waals surface area contributed by atoms with Gasteiger partial charge in [0.2, 0.25) is 6.79 Å². The Morgan fingerprint density at radius 3 is 2.64 bits per heavy atom. The number of rotatable bonds is 3. The van der Waals surface area contributed by atoms with E-state index in [9.17, 15) is 14.7 Å². The predicted octanol–water partition coefficient (Wildman–Crippen LogP) is 1.60. The lowest BCUT2D eigenvalue weighted by Gasteiger charge is -2.16. The minimum absolute atomic E-state index is 0.0930. The van der Waals surface area contributed by atoms with E-state index < -0.39 is 11.9 Å². The highest BCUT2D eigenvalue weighted by Crippen LogP contribution is 2.44. The number of carbonyl (C=O) groups is 2. The molecule has 3 aliphatic rings. The average Bonchev–Trinajstić information content (AvgIpc) is 3.09. The maximum absolute atomic E-state index is 12.6. The summed E-state index contributed by atoms with van der Waals surface area (Å²) in [6.45, 7) is 1.00. The fraction of sp³-hybridized carbons (Fsp3) is 0.500. The number of aliphatic carboxylic acids is 1. The number of amides is 1. The van der Waals surface area contributed by atoms with Gasteiger partial charge in [0, 0.05) is 18.7 Å². The molecule has 0 unspecified atom stereocenters. The zero-order chi connectivity index (χ0) is 15.3. The molecule has 1 aliphatic carbocycles. The van der Waals surface area contributed by atoms with Crippen LogP contribution in [0.3, 0.4) is 0 Å². The molecule has 0 aromatic heterocycles. The van der Waals surface area contributed by atoms with E-state index in [2.05, 4.69) is 0 Å². The highest BCUT2D eigenvalue weighted by atomic mass is 16.7. The first-order valence-electron chi connectivity index (χ1n) is 7.55. The Bertz CT molecular complexity index is 639. The Kier molecular flexibility index (Phi) is 2.99. The summed E-state index contributed by atoms with van der Waals surface area (Å²) in [6.07, 6.45) is 2.17. The van der Waals surface area contributed by atoms with Crippen LogP contribution in [0, 0.1) is 17.8 Å². The molecule has 1 N–H and O–H groups in total. The van der Waals surface area contributed by atoms with E-state index in [0.29, 0.717) is 36.1 Å². The molecule has 1 aromatic carbocycles. The van der Waals surface area contributed by atoms with Crippen LogP contribution in [0.1, 0.15) is 23.2 Å². The van der Waals surface area contributed by atoms with Crippen LogP contribution < -0.4 is 9.47 Å². The van der Waals surface area contributed by atoms with Crippen LogP contribution in [-0.2, 0) is 4.79 Å². The van der Waals surface area contributed by atoms with Crippen LogP contribution in [-0.4, -0.2) is 41.8 Å². The van der Waals surface area contributed by atoms with Gasteiger partial charge in [0.25, 0.3) is 5.91 Å². The number of hydrogen-bond acceptors (Lipinski definition) is 4. The monoisotopic (exact) mass is 303 g/mol. The third-order valence-corrected chi connectivity index (χ3v) is 4.82. The molecule has 22 heavy (non-hydrogen) atoms. The molecule has 116 valence electrons. The van der Waals surface area contributed by atoms with Crippen molar-refractivity contribution in [2.24, 2.45) is 17.8 Å². The standard InChI is InChI=1S/C16H17NO5/c18-15(10-3-4-13-14(5-10)22-8-21-13)17-6-11(9-1-2-9)12(7-17)16(19)20/h3-5,9,11-12H,1-2,6-8H2,(H,19,20)/t11-,12+/m1/s1. The molecular weight excluding hydrogens is 286 g/mol. The quantitative estimate of drug-likeness (QED) is 0.918. The van der Waals surface area contributed by atoms with Gasteiger partial charge >= 0.3 is 5.97 Å². The Balaban J connectivity index is 1.54. The van der Waals surface area contributed by atoms with Crippen molar-refractivity contribution in [1.29, 1.82) is 0 Å². The van der Waals surface area contributed by atoms with E-state index in [0.717, 1.165) is 12.8 Å². The summed E-state index contributed by atoms with van der Waals surface area (Å²) >= 11 is 0. The summed E-state index contributed by atoms with van der Waals surface area (Å²) in [5.74, 6) is 0.401. The lowest BCUT2D eigenvalue weighted by Crippen LogP contribution is -2.29. The van der Waals surface area contributed by atoms with Crippen LogP contribution >= 0.6 is 0 Å². The predicted molar refractivity (Wildman–Crippen MR) is 75.8 cm³/mol. The third-order valence-electron chi connectivity index (χ3n) is 4.82. The van der Waals surface area contributed by atoms with Gasteiger partial charge < -0.3 is 19.5 Å². The highest BCUT2D eigenvalue weighted by Gasteiger charge is 2.47. The zero-order valence-electron chi connectivity index (χ0n) is 12.0. The maximum atomic E-state index is 12.6. The maximum Gasteiger partial charge on any atom is 0.308 e. The molecule has 2 atom stereocenters. The van der Waals surface area contributed by atoms with E-state index in [-0.39, 0.29) is 18.6 Å². The zero-order valence-corrected chi connectivity index (χ0v) is 12.0. The smallest absolute Gasteiger partial charge is 0.308 e. The largest absolute Gasteiger partial charge is 0.481 e. The molecule has 4 rings (SSSR count). The van der Waals surface area contributed by atoms with Gasteiger partial charge in [-0.25, -0.2) is 0 Å². The van der Waals surface area contributed by atoms with E-state index >= 15 is 0 Å². The van der Waals surface area contributed by atoms with Crippen LogP contribution in [0.15, 0.2) is 18.2 Å². The molecule has 0 radical (unpaired) electrons. The van der Waals surface area contributed by atoms with Crippen molar-refractivity contribution in [3.05, 3.63) is 23.8 Å². The molecule has 1 amide bonds. The molecule has 0 spiro atoms. The summed E-state index contributed by atoms with van der Waals surface area (Å²) in [5, 5.41) is 9.38. The summed E-state index contributed by atoms with van der Waals surface area (Å²) in [7, 11) is 0. The second-order valence-electron chi connectivity index (χ2n) is 6.22. The summed E-state index contributed by atoms with van der Waals surface area (Å²) < 4.78 is 10.5. The van der Waals surface area contributed by atoms with Gasteiger partial charge in [-0.05, 0) is 42.9 Å². The molecule has 1 aromatic rings. The Morgan fingerprint density at radius 1 is 1.14 bits per heavy atom. The average molecular weight is 303 g/mol. The number of ether oxygens (including phenoxy) is 2. The van der Waals surface area contributed by atoms with E-state index in [1.54, 1.807) is 23.1 Å². The van der Waals surface area contributed by atoms with Gasteiger partial charge in [-0.3, -0.25) is 9.59 Å². The normalized spacial score (nSPS) is 26.3. The Hall–Kier alpha value is -2.24. The van der Waals surface area contributed by atoms with Crippen molar-refractivity contribution in [2.45, 2.75) is 12.8 Å². The minimum Gasteiger partial charge on any atom is -0.481 e. The lowest BCUT2D eigenvalue weighted by molar-refractivity contribution is -0.142. The van der Waals surface area contributed by atoms with E-state index in [1.807, 2.05) is 0 Å². The number of carbonyl (C=O) groups excluding carboxylic acids is 1. The van der Waals surface area contributed by atoms with Crippen molar-refractivity contribution >= 4 is 11.9 Å². The molecule has 0 bridgehead atoms. The fourth-order valence-corrected chi connectivity index (χ4v) is 3.47. The molecule has 2 fully saturated rings. The molecule has 6 heteroatoms. The van der Waals surface area contributed by atoms with Gasteiger partial charge in [0.15, 0.2) is 11.5 Å². The molecule has 2 heterocycles. The number of benzene rings is 1. The SMILES string of the molecule is O=C(O)[C@H]1CN(C(=O)c2ccc3c(c2)OCO3)C[C@@H]1C1CC1. The summed E-state index contributed by atoms with van der Waals surface area (Å²) in [6, 6.07) is 5.10. The topological polar surface area (TPSA) is 76.1 Å². The number of hydrogen-bond donors (Lipinski definition) is 1. The van der Waals surface area contributed by atoms with Crippen molar-refractivity contribution in [2.75, 3.05) is 19.9 Å². The van der Waals surface area contributed by atoms with Crippen molar-refractivity contribution < 1.29 is 24.2 Å². The van der Waals surface area contributed by atoms with Crippen molar-refractivity contribution in [1.82, 2.24) is 4.90 Å². The third kappa shape index (κ3) is 2.19. The number of carboxylic acid groups (broad SMARTS) is 1. The molecule has 1 saturated carbocycles. The van der Waals surface area contributed by atoms with Crippen LogP contribution in [0.25, 0.3) is 0 Å². The first kappa shape index (κ1) is 13.4. The second kappa shape index (κ2) is 4.90. The van der Waals surface area contributed by atoms with Gasteiger partial charge in [0.05, 0.1) is 5.92 Å². The number of fused-ring (bicyclic) bond motifs is 1. The Labute approximate surface area is 127 Å².